The van der Waals surface area contributed by atoms with Gasteiger partial charge >= 0.3 is 0 Å². The predicted octanol–water partition coefficient (Wildman–Crippen LogP) is 1.06. The lowest BCUT2D eigenvalue weighted by Crippen LogP contribution is -2.42. The summed E-state index contributed by atoms with van der Waals surface area (Å²) >= 11 is 0. The van der Waals surface area contributed by atoms with Crippen molar-refractivity contribution in [3.05, 3.63) is 53.3 Å². The van der Waals surface area contributed by atoms with E-state index in [0.717, 1.165) is 23.4 Å². The van der Waals surface area contributed by atoms with Crippen LogP contribution >= 0.6 is 0 Å². The van der Waals surface area contributed by atoms with Gasteiger partial charge in [-0.15, -0.1) is 0 Å². The minimum Gasteiger partial charge on any atom is -0.395 e. The number of aliphatic hydroxyl groups excluding tert-OH is 1. The number of aromatic nitrogens is 2. The summed E-state index contributed by atoms with van der Waals surface area (Å²) in [6, 6.07) is 9.49. The SMILES string of the molecule is CN(C)Cc1cnn2c1CN(C(=O)C(CO)c1ccccc1)CC2. The number of amides is 1. The van der Waals surface area contributed by atoms with Gasteiger partial charge in [0, 0.05) is 18.7 Å². The molecule has 0 saturated heterocycles. The zero-order valence-corrected chi connectivity index (χ0v) is 14.2. The van der Waals surface area contributed by atoms with Gasteiger partial charge in [-0.3, -0.25) is 9.48 Å². The number of fused-ring (bicyclic) bond motifs is 1. The highest BCUT2D eigenvalue weighted by Gasteiger charge is 2.29. The van der Waals surface area contributed by atoms with Crippen molar-refractivity contribution >= 4 is 5.91 Å². The number of hydrogen-bond donors (Lipinski definition) is 1. The van der Waals surface area contributed by atoms with Crippen LogP contribution in [-0.2, 0) is 24.4 Å². The lowest BCUT2D eigenvalue weighted by molar-refractivity contribution is -0.135. The minimum absolute atomic E-state index is 0.0213. The summed E-state index contributed by atoms with van der Waals surface area (Å²) in [5, 5.41) is 14.2. The Kier molecular flexibility index (Phi) is 4.97. The highest BCUT2D eigenvalue weighted by Crippen LogP contribution is 2.23. The largest absolute Gasteiger partial charge is 0.395 e. The molecule has 1 aromatic carbocycles. The average molecular weight is 328 g/mol. The van der Waals surface area contributed by atoms with E-state index < -0.39 is 5.92 Å². The van der Waals surface area contributed by atoms with E-state index in [1.807, 2.05) is 60.2 Å². The number of aliphatic hydroxyl groups is 1. The molecule has 1 atom stereocenters. The monoisotopic (exact) mass is 328 g/mol. The summed E-state index contributed by atoms with van der Waals surface area (Å²) in [5.41, 5.74) is 3.10. The van der Waals surface area contributed by atoms with Crippen LogP contribution in [0.3, 0.4) is 0 Å². The van der Waals surface area contributed by atoms with Gasteiger partial charge in [-0.1, -0.05) is 30.3 Å². The normalized spacial score (nSPS) is 15.4. The number of rotatable bonds is 5. The van der Waals surface area contributed by atoms with Crippen LogP contribution in [0.2, 0.25) is 0 Å². The van der Waals surface area contributed by atoms with E-state index in [1.165, 1.54) is 0 Å². The molecule has 128 valence electrons. The summed E-state index contributed by atoms with van der Waals surface area (Å²) < 4.78 is 1.99. The summed E-state index contributed by atoms with van der Waals surface area (Å²) in [4.78, 5) is 16.9. The zero-order chi connectivity index (χ0) is 17.1. The maximum Gasteiger partial charge on any atom is 0.232 e. The molecule has 1 aliphatic heterocycles. The maximum absolute atomic E-state index is 12.9. The molecule has 6 heteroatoms. The first-order valence-corrected chi connectivity index (χ1v) is 8.23. The van der Waals surface area contributed by atoms with E-state index in [9.17, 15) is 9.90 Å². The smallest absolute Gasteiger partial charge is 0.232 e. The maximum atomic E-state index is 12.9. The summed E-state index contributed by atoms with van der Waals surface area (Å²) in [6.07, 6.45) is 1.89. The third kappa shape index (κ3) is 3.34. The molecule has 6 nitrogen and oxygen atoms in total. The minimum atomic E-state index is -0.502. The van der Waals surface area contributed by atoms with Gasteiger partial charge in [0.2, 0.25) is 5.91 Å². The molecule has 1 aliphatic rings. The van der Waals surface area contributed by atoms with Gasteiger partial charge in [-0.25, -0.2) is 0 Å². The second kappa shape index (κ2) is 7.15. The van der Waals surface area contributed by atoms with E-state index in [1.54, 1.807) is 0 Å². The molecule has 0 radical (unpaired) electrons. The highest BCUT2D eigenvalue weighted by atomic mass is 16.3. The van der Waals surface area contributed by atoms with Gasteiger partial charge < -0.3 is 14.9 Å². The highest BCUT2D eigenvalue weighted by molar-refractivity contribution is 5.84. The topological polar surface area (TPSA) is 61.6 Å². The Morgan fingerprint density at radius 1 is 1.29 bits per heavy atom. The molecule has 2 heterocycles. The fourth-order valence-corrected chi connectivity index (χ4v) is 3.19. The van der Waals surface area contributed by atoms with Crippen LogP contribution in [-0.4, -0.2) is 57.8 Å². The van der Waals surface area contributed by atoms with Crippen LogP contribution in [0.25, 0.3) is 0 Å². The summed E-state index contributed by atoms with van der Waals surface area (Å²) in [6.45, 7) is 2.49. The molecular formula is C18H24N4O2. The molecule has 0 spiro atoms. The molecular weight excluding hydrogens is 304 g/mol. The molecule has 3 rings (SSSR count). The third-order valence-corrected chi connectivity index (χ3v) is 4.44. The molecule has 24 heavy (non-hydrogen) atoms. The van der Waals surface area contributed by atoms with Crippen LogP contribution in [0, 0.1) is 0 Å². The third-order valence-electron chi connectivity index (χ3n) is 4.44. The van der Waals surface area contributed by atoms with E-state index in [2.05, 4.69) is 10.00 Å². The first-order chi connectivity index (χ1) is 11.6. The lowest BCUT2D eigenvalue weighted by Gasteiger charge is -2.31. The zero-order valence-electron chi connectivity index (χ0n) is 14.2. The predicted molar refractivity (Wildman–Crippen MR) is 91.3 cm³/mol. The number of benzene rings is 1. The van der Waals surface area contributed by atoms with Gasteiger partial charge in [0.15, 0.2) is 0 Å². The molecule has 1 N–H and O–H groups in total. The number of hydrogen-bond acceptors (Lipinski definition) is 4. The van der Waals surface area contributed by atoms with Crippen molar-refractivity contribution < 1.29 is 9.90 Å². The Labute approximate surface area is 142 Å². The van der Waals surface area contributed by atoms with Crippen LogP contribution in [0.15, 0.2) is 36.5 Å². The molecule has 1 aromatic heterocycles. The Hall–Kier alpha value is -2.18. The molecule has 0 fully saturated rings. The van der Waals surface area contributed by atoms with Crippen molar-refractivity contribution in [1.82, 2.24) is 19.6 Å². The van der Waals surface area contributed by atoms with Crippen molar-refractivity contribution in [2.75, 3.05) is 27.2 Å². The molecule has 0 saturated carbocycles. The molecule has 0 aliphatic carbocycles. The first-order valence-electron chi connectivity index (χ1n) is 8.23. The van der Waals surface area contributed by atoms with Gasteiger partial charge in [0.25, 0.3) is 0 Å². The van der Waals surface area contributed by atoms with Gasteiger partial charge in [-0.05, 0) is 19.7 Å². The Morgan fingerprint density at radius 2 is 2.04 bits per heavy atom. The van der Waals surface area contributed by atoms with E-state index in [4.69, 9.17) is 0 Å². The van der Waals surface area contributed by atoms with Gasteiger partial charge in [-0.2, -0.15) is 5.10 Å². The molecule has 1 amide bonds. The van der Waals surface area contributed by atoms with Crippen molar-refractivity contribution in [3.63, 3.8) is 0 Å². The fraction of sp³-hybridized carbons (Fsp3) is 0.444. The van der Waals surface area contributed by atoms with Crippen LogP contribution < -0.4 is 0 Å². The van der Waals surface area contributed by atoms with E-state index >= 15 is 0 Å². The van der Waals surface area contributed by atoms with Gasteiger partial charge in [0.1, 0.15) is 0 Å². The molecule has 1 unspecified atom stereocenters. The second-order valence-corrected chi connectivity index (χ2v) is 6.48. The Morgan fingerprint density at radius 3 is 2.71 bits per heavy atom. The van der Waals surface area contributed by atoms with Crippen molar-refractivity contribution in [1.29, 1.82) is 0 Å². The quantitative estimate of drug-likeness (QED) is 0.892. The van der Waals surface area contributed by atoms with Crippen LogP contribution in [0.4, 0.5) is 0 Å². The summed E-state index contributed by atoms with van der Waals surface area (Å²) in [5.74, 6) is -0.523. The molecule has 2 aromatic rings. The summed E-state index contributed by atoms with van der Waals surface area (Å²) in [7, 11) is 4.04. The standard InChI is InChI=1S/C18H24N4O2/c1-20(2)11-15-10-19-22-9-8-21(12-17(15)22)18(24)16(13-23)14-6-4-3-5-7-14/h3-7,10,16,23H,8-9,11-13H2,1-2H3. The van der Waals surface area contributed by atoms with Crippen molar-refractivity contribution in [2.45, 2.75) is 25.6 Å². The number of nitrogens with zero attached hydrogens (tertiary/aromatic N) is 4. The van der Waals surface area contributed by atoms with Crippen molar-refractivity contribution in [3.8, 4) is 0 Å². The first kappa shape index (κ1) is 16.7. The Balaban J connectivity index is 1.79. The van der Waals surface area contributed by atoms with Crippen LogP contribution in [0.1, 0.15) is 22.7 Å². The number of carbonyl (C=O) groups is 1. The molecule has 0 bridgehead atoms. The number of carbonyl (C=O) groups excluding carboxylic acids is 1. The van der Waals surface area contributed by atoms with Crippen molar-refractivity contribution in [2.24, 2.45) is 0 Å². The lowest BCUT2D eigenvalue weighted by atomic mass is 9.98. The van der Waals surface area contributed by atoms with Crippen LogP contribution in [0.5, 0.6) is 0 Å². The van der Waals surface area contributed by atoms with E-state index in [-0.39, 0.29) is 12.5 Å². The second-order valence-electron chi connectivity index (χ2n) is 6.48. The van der Waals surface area contributed by atoms with E-state index in [0.29, 0.717) is 19.6 Å². The fourth-order valence-electron chi connectivity index (χ4n) is 3.19. The Bertz CT molecular complexity index is 696. The average Bonchev–Trinajstić information content (AvgIpc) is 2.98. The van der Waals surface area contributed by atoms with Gasteiger partial charge in [0.05, 0.1) is 37.5 Å².